The zero-order valence-corrected chi connectivity index (χ0v) is 16.1. The monoisotopic (exact) mass is 402 g/mol. The first-order valence-corrected chi connectivity index (χ1v) is 10.8. The number of rotatable bonds is 7. The summed E-state index contributed by atoms with van der Waals surface area (Å²) in [4.78, 5) is 12.7. The molecule has 0 radical (unpaired) electrons. The zero-order chi connectivity index (χ0) is 19.6. The van der Waals surface area contributed by atoms with Gasteiger partial charge in [-0.25, -0.2) is 8.42 Å². The molecule has 0 spiro atoms. The highest BCUT2D eigenvalue weighted by Gasteiger charge is 2.31. The van der Waals surface area contributed by atoms with E-state index in [1.165, 1.54) is 12.1 Å². The van der Waals surface area contributed by atoms with E-state index in [0.717, 1.165) is 18.4 Å². The van der Waals surface area contributed by atoms with Crippen LogP contribution in [0.4, 0.5) is 0 Å². The third-order valence-electron chi connectivity index (χ3n) is 4.64. The van der Waals surface area contributed by atoms with Gasteiger partial charge in [0.1, 0.15) is 19.3 Å². The van der Waals surface area contributed by atoms with Crippen LogP contribution in [0, 0.1) is 0 Å². The smallest absolute Gasteiger partial charge is 0.241 e. The van der Waals surface area contributed by atoms with Crippen LogP contribution >= 0.6 is 0 Å². The van der Waals surface area contributed by atoms with Crippen molar-refractivity contribution in [3.63, 3.8) is 0 Å². The maximum atomic E-state index is 12.9. The molecular weight excluding hydrogens is 380 g/mol. The van der Waals surface area contributed by atoms with Gasteiger partial charge in [-0.1, -0.05) is 30.3 Å². The second-order valence-electron chi connectivity index (χ2n) is 6.95. The second-order valence-corrected chi connectivity index (χ2v) is 8.67. The highest BCUT2D eigenvalue weighted by molar-refractivity contribution is 7.89. The van der Waals surface area contributed by atoms with E-state index in [0.29, 0.717) is 24.7 Å². The summed E-state index contributed by atoms with van der Waals surface area (Å²) in [7, 11) is -3.92. The first-order chi connectivity index (χ1) is 13.5. The fourth-order valence-corrected chi connectivity index (χ4v) is 4.22. The third-order valence-corrected chi connectivity index (χ3v) is 6.11. The molecule has 2 aromatic carbocycles. The molecule has 28 heavy (non-hydrogen) atoms. The lowest BCUT2D eigenvalue weighted by Crippen LogP contribution is -2.48. The molecule has 0 aromatic heterocycles. The van der Waals surface area contributed by atoms with Crippen molar-refractivity contribution in [1.29, 1.82) is 0 Å². The van der Waals surface area contributed by atoms with E-state index in [9.17, 15) is 13.2 Å². The number of carbonyl (C=O) groups excluding carboxylic acids is 1. The van der Waals surface area contributed by atoms with Crippen molar-refractivity contribution in [2.24, 2.45) is 0 Å². The molecule has 1 atom stereocenters. The number of fused-ring (bicyclic) bond motifs is 1. The van der Waals surface area contributed by atoms with Gasteiger partial charge in [0.2, 0.25) is 15.9 Å². The average Bonchev–Trinajstić information content (AvgIpc) is 3.51. The van der Waals surface area contributed by atoms with Gasteiger partial charge in [-0.3, -0.25) is 4.79 Å². The molecule has 0 unspecified atom stereocenters. The van der Waals surface area contributed by atoms with Gasteiger partial charge in [0, 0.05) is 12.1 Å². The van der Waals surface area contributed by atoms with Gasteiger partial charge >= 0.3 is 0 Å². The van der Waals surface area contributed by atoms with Crippen molar-refractivity contribution >= 4 is 15.9 Å². The zero-order valence-electron chi connectivity index (χ0n) is 15.3. The molecule has 0 bridgehead atoms. The van der Waals surface area contributed by atoms with Gasteiger partial charge in [-0.05, 0) is 37.0 Å². The van der Waals surface area contributed by atoms with Crippen LogP contribution in [0.3, 0.4) is 0 Å². The molecule has 1 aliphatic heterocycles. The SMILES string of the molecule is O=C(NC1CC1)[C@H](Cc1ccccc1)NS(=O)(=O)c1ccc2c(c1)OCCO2. The summed E-state index contributed by atoms with van der Waals surface area (Å²) in [5.74, 6) is 0.584. The standard InChI is InChI=1S/C20H22N2O5S/c23-20(21-15-6-7-15)17(12-14-4-2-1-3-5-14)22-28(24,25)16-8-9-18-19(13-16)27-11-10-26-18/h1-5,8-9,13,15,17,22H,6-7,10-12H2,(H,21,23)/t17-/m0/s1. The molecule has 2 aliphatic rings. The predicted molar refractivity (Wildman–Crippen MR) is 103 cm³/mol. The Bertz CT molecular complexity index is 958. The summed E-state index contributed by atoms with van der Waals surface area (Å²) in [6.45, 7) is 0.794. The van der Waals surface area contributed by atoms with Crippen molar-refractivity contribution in [3.05, 3.63) is 54.1 Å². The Morgan fingerprint density at radius 1 is 1.04 bits per heavy atom. The molecule has 148 valence electrons. The highest BCUT2D eigenvalue weighted by Crippen LogP contribution is 2.32. The summed E-state index contributed by atoms with van der Waals surface area (Å²) < 4.78 is 39.3. The highest BCUT2D eigenvalue weighted by atomic mass is 32.2. The van der Waals surface area contributed by atoms with E-state index >= 15 is 0 Å². The molecule has 7 nitrogen and oxygen atoms in total. The molecule has 4 rings (SSSR count). The third kappa shape index (κ3) is 4.45. The van der Waals surface area contributed by atoms with E-state index < -0.39 is 16.1 Å². The number of ether oxygens (including phenoxy) is 2. The van der Waals surface area contributed by atoms with Gasteiger partial charge in [0.05, 0.1) is 4.90 Å². The molecule has 1 amide bonds. The molecule has 1 saturated carbocycles. The first kappa shape index (κ1) is 18.8. The lowest BCUT2D eigenvalue weighted by atomic mass is 10.1. The van der Waals surface area contributed by atoms with Crippen LogP contribution in [0.1, 0.15) is 18.4 Å². The van der Waals surface area contributed by atoms with Crippen molar-refractivity contribution < 1.29 is 22.7 Å². The van der Waals surface area contributed by atoms with Crippen LogP contribution in [-0.4, -0.2) is 39.6 Å². The Morgan fingerprint density at radius 3 is 2.46 bits per heavy atom. The van der Waals surface area contributed by atoms with Crippen molar-refractivity contribution in [1.82, 2.24) is 10.0 Å². The molecule has 2 aromatic rings. The van der Waals surface area contributed by atoms with Crippen LogP contribution in [0.25, 0.3) is 0 Å². The summed E-state index contributed by atoms with van der Waals surface area (Å²) >= 11 is 0. The molecule has 2 N–H and O–H groups in total. The predicted octanol–water partition coefficient (Wildman–Crippen LogP) is 1.63. The van der Waals surface area contributed by atoms with Crippen LogP contribution in [0.15, 0.2) is 53.4 Å². The number of carbonyl (C=O) groups is 1. The Morgan fingerprint density at radius 2 is 1.75 bits per heavy atom. The largest absolute Gasteiger partial charge is 0.486 e. The van der Waals surface area contributed by atoms with E-state index in [-0.39, 0.29) is 23.3 Å². The fourth-order valence-electron chi connectivity index (χ4n) is 3.01. The molecule has 8 heteroatoms. The van der Waals surface area contributed by atoms with Crippen LogP contribution in [0.2, 0.25) is 0 Å². The molecule has 1 heterocycles. The maximum absolute atomic E-state index is 12.9. The van der Waals surface area contributed by atoms with Gasteiger partial charge in [-0.15, -0.1) is 0 Å². The van der Waals surface area contributed by atoms with Gasteiger partial charge in [-0.2, -0.15) is 4.72 Å². The van der Waals surface area contributed by atoms with Crippen LogP contribution in [-0.2, 0) is 21.2 Å². The number of nitrogens with one attached hydrogen (secondary N) is 2. The number of hydrogen-bond acceptors (Lipinski definition) is 5. The van der Waals surface area contributed by atoms with Gasteiger partial charge in [0.15, 0.2) is 11.5 Å². The molecule has 1 aliphatic carbocycles. The minimum atomic E-state index is -3.92. The van der Waals surface area contributed by atoms with E-state index in [1.54, 1.807) is 6.07 Å². The maximum Gasteiger partial charge on any atom is 0.241 e. The second kappa shape index (κ2) is 7.81. The van der Waals surface area contributed by atoms with E-state index in [2.05, 4.69) is 10.0 Å². The fraction of sp³-hybridized carbons (Fsp3) is 0.350. The summed E-state index contributed by atoms with van der Waals surface area (Å²) in [6, 6.07) is 13.0. The Hall–Kier alpha value is -2.58. The van der Waals surface area contributed by atoms with Crippen molar-refractivity contribution in [3.8, 4) is 11.5 Å². The summed E-state index contributed by atoms with van der Waals surface area (Å²) in [5.41, 5.74) is 0.878. The van der Waals surface area contributed by atoms with E-state index in [1.807, 2.05) is 30.3 Å². The average molecular weight is 402 g/mol. The van der Waals surface area contributed by atoms with Crippen LogP contribution < -0.4 is 19.5 Å². The Balaban J connectivity index is 1.56. The Kier molecular flexibility index (Phi) is 5.23. The first-order valence-electron chi connectivity index (χ1n) is 9.27. The summed E-state index contributed by atoms with van der Waals surface area (Å²) in [5, 5.41) is 2.89. The minimum absolute atomic E-state index is 0.0361. The number of sulfonamides is 1. The number of benzene rings is 2. The number of hydrogen-bond donors (Lipinski definition) is 2. The molecular formula is C20H22N2O5S. The summed E-state index contributed by atoms with van der Waals surface area (Å²) in [6.07, 6.45) is 2.13. The van der Waals surface area contributed by atoms with Gasteiger partial charge in [0.25, 0.3) is 0 Å². The normalized spacial score (nSPS) is 17.0. The van der Waals surface area contributed by atoms with Gasteiger partial charge < -0.3 is 14.8 Å². The molecule has 1 fully saturated rings. The lowest BCUT2D eigenvalue weighted by Gasteiger charge is -2.21. The topological polar surface area (TPSA) is 93.7 Å². The molecule has 0 saturated heterocycles. The van der Waals surface area contributed by atoms with Crippen LogP contribution in [0.5, 0.6) is 11.5 Å². The minimum Gasteiger partial charge on any atom is -0.486 e. The van der Waals surface area contributed by atoms with Crippen molar-refractivity contribution in [2.75, 3.05) is 13.2 Å². The number of amides is 1. The van der Waals surface area contributed by atoms with Crippen molar-refractivity contribution in [2.45, 2.75) is 36.2 Å². The quantitative estimate of drug-likeness (QED) is 0.734. The lowest BCUT2D eigenvalue weighted by molar-refractivity contribution is -0.122. The van der Waals surface area contributed by atoms with E-state index in [4.69, 9.17) is 9.47 Å². The Labute approximate surface area is 164 Å².